The zero-order valence-corrected chi connectivity index (χ0v) is 4.55. The highest BCUT2D eigenvalue weighted by atomic mass is 35.5. The molecule has 0 saturated heterocycles. The third-order valence-electron chi connectivity index (χ3n) is 0.712. The summed E-state index contributed by atoms with van der Waals surface area (Å²) in [5.74, 6) is -0.667. The number of rotatable bonds is 0. The molecule has 0 spiro atoms. The number of aliphatic hydroxyl groups excluding tert-OH is 1. The van der Waals surface area contributed by atoms with Gasteiger partial charge >= 0.3 is 5.97 Å². The normalized spacial score (nSPS) is 27.5. The molecule has 0 aromatic carbocycles. The zero-order valence-electron chi connectivity index (χ0n) is 3.80. The fourth-order valence-corrected chi connectivity index (χ4v) is 0.546. The molecule has 3 nitrogen and oxygen atoms in total. The van der Waals surface area contributed by atoms with E-state index in [2.05, 4.69) is 4.74 Å². The number of halogens is 1. The van der Waals surface area contributed by atoms with Crippen LogP contribution in [0.1, 0.15) is 0 Å². The van der Waals surface area contributed by atoms with Gasteiger partial charge in [-0.2, -0.15) is 0 Å². The van der Waals surface area contributed by atoms with Crippen LogP contribution >= 0.6 is 11.6 Å². The van der Waals surface area contributed by atoms with Crippen LogP contribution in [-0.4, -0.2) is 17.4 Å². The Kier molecular flexibility index (Phi) is 1.23. The molecule has 8 heavy (non-hydrogen) atoms. The van der Waals surface area contributed by atoms with Crippen molar-refractivity contribution in [2.24, 2.45) is 0 Å². The van der Waals surface area contributed by atoms with E-state index in [0.717, 1.165) is 6.08 Å². The van der Waals surface area contributed by atoms with Gasteiger partial charge in [-0.25, -0.2) is 4.79 Å². The summed E-state index contributed by atoms with van der Waals surface area (Å²) in [7, 11) is 0. The molecular weight excluding hydrogens is 131 g/mol. The Hall–Kier alpha value is -0.540. The van der Waals surface area contributed by atoms with Crippen LogP contribution in [0.25, 0.3) is 0 Å². The fourth-order valence-electron chi connectivity index (χ4n) is 0.393. The van der Waals surface area contributed by atoms with Gasteiger partial charge in [-0.05, 0) is 0 Å². The molecule has 0 radical (unpaired) electrons. The van der Waals surface area contributed by atoms with E-state index in [1.54, 1.807) is 0 Å². The third kappa shape index (κ3) is 0.827. The molecule has 1 heterocycles. The fraction of sp³-hybridized carbons (Fsp3) is 0.250. The van der Waals surface area contributed by atoms with Crippen LogP contribution in [0.15, 0.2) is 11.1 Å². The average molecular weight is 135 g/mol. The van der Waals surface area contributed by atoms with Gasteiger partial charge in [-0.1, -0.05) is 11.6 Å². The van der Waals surface area contributed by atoms with Crippen LogP contribution in [0, 0.1) is 0 Å². The minimum atomic E-state index is -1.14. The summed E-state index contributed by atoms with van der Waals surface area (Å²) in [6, 6.07) is 0. The molecule has 1 atom stereocenters. The lowest BCUT2D eigenvalue weighted by molar-refractivity contribution is -0.150. The number of hydrogen-bond acceptors (Lipinski definition) is 3. The number of carbonyl (C=O) groups is 1. The topological polar surface area (TPSA) is 46.5 Å². The third-order valence-corrected chi connectivity index (χ3v) is 0.992. The summed E-state index contributed by atoms with van der Waals surface area (Å²) in [4.78, 5) is 10.2. The Morgan fingerprint density at radius 2 is 2.50 bits per heavy atom. The van der Waals surface area contributed by atoms with Crippen molar-refractivity contribution in [1.29, 1.82) is 0 Å². The van der Waals surface area contributed by atoms with Gasteiger partial charge in [0.05, 0.1) is 0 Å². The second-order valence-corrected chi connectivity index (χ2v) is 1.72. The van der Waals surface area contributed by atoms with E-state index in [0.29, 0.717) is 0 Å². The number of aliphatic hydroxyl groups is 1. The highest BCUT2D eigenvalue weighted by Gasteiger charge is 2.20. The summed E-state index contributed by atoms with van der Waals surface area (Å²) in [6.45, 7) is 0. The number of cyclic esters (lactones) is 1. The van der Waals surface area contributed by atoms with Crippen molar-refractivity contribution in [3.8, 4) is 0 Å². The van der Waals surface area contributed by atoms with Crippen LogP contribution < -0.4 is 0 Å². The molecule has 1 aliphatic rings. The van der Waals surface area contributed by atoms with Crippen LogP contribution in [0.4, 0.5) is 0 Å². The average Bonchev–Trinajstić information content (AvgIpc) is 1.85. The molecule has 0 bridgehead atoms. The van der Waals surface area contributed by atoms with Crippen LogP contribution in [0.5, 0.6) is 0 Å². The monoisotopic (exact) mass is 134 g/mol. The number of esters is 1. The lowest BCUT2D eigenvalue weighted by Crippen LogP contribution is -2.05. The van der Waals surface area contributed by atoms with Crippen LogP contribution in [0.2, 0.25) is 0 Å². The maximum atomic E-state index is 10.2. The van der Waals surface area contributed by atoms with Gasteiger partial charge in [-0.3, -0.25) is 0 Å². The van der Waals surface area contributed by atoms with Gasteiger partial charge in [0.1, 0.15) is 5.03 Å². The molecular formula is C4H3ClO3. The predicted molar refractivity (Wildman–Crippen MR) is 26.0 cm³/mol. The lowest BCUT2D eigenvalue weighted by atomic mass is 10.5. The largest absolute Gasteiger partial charge is 0.428 e. The van der Waals surface area contributed by atoms with Crippen molar-refractivity contribution in [3.05, 3.63) is 11.1 Å². The molecule has 0 saturated carbocycles. The molecule has 44 valence electrons. The number of carbonyl (C=O) groups excluding carboxylic acids is 1. The first-order chi connectivity index (χ1) is 3.70. The smallest absolute Gasteiger partial charge is 0.352 e. The van der Waals surface area contributed by atoms with Gasteiger partial charge < -0.3 is 9.84 Å². The molecule has 1 rings (SSSR count). The van der Waals surface area contributed by atoms with Gasteiger partial charge in [0, 0.05) is 6.08 Å². The van der Waals surface area contributed by atoms with Gasteiger partial charge in [0.2, 0.25) is 6.29 Å². The lowest BCUT2D eigenvalue weighted by Gasteiger charge is -1.94. The molecule has 1 aliphatic heterocycles. The summed E-state index contributed by atoms with van der Waals surface area (Å²) >= 11 is 5.18. The van der Waals surface area contributed by atoms with Crippen molar-refractivity contribution < 1.29 is 14.6 Å². The van der Waals surface area contributed by atoms with Crippen molar-refractivity contribution >= 4 is 17.6 Å². The SMILES string of the molecule is O=C1OC(O)C=C1Cl. The number of ether oxygens (including phenoxy) is 1. The number of hydrogen-bond donors (Lipinski definition) is 1. The van der Waals surface area contributed by atoms with Gasteiger partial charge in [0.25, 0.3) is 0 Å². The summed E-state index contributed by atoms with van der Waals surface area (Å²) in [6.07, 6.45) is -0.0147. The van der Waals surface area contributed by atoms with Gasteiger partial charge in [-0.15, -0.1) is 0 Å². The minimum Gasteiger partial charge on any atom is -0.428 e. The first kappa shape index (κ1) is 5.59. The quantitative estimate of drug-likeness (QED) is 0.474. The van der Waals surface area contributed by atoms with Crippen LogP contribution in [-0.2, 0) is 9.53 Å². The molecule has 0 aromatic heterocycles. The molecule has 0 aromatic rings. The molecule has 0 amide bonds. The van der Waals surface area contributed by atoms with Crippen molar-refractivity contribution in [3.63, 3.8) is 0 Å². The highest BCUT2D eigenvalue weighted by molar-refractivity contribution is 6.41. The predicted octanol–water partition coefficient (Wildman–Crippen LogP) is -0.0157. The summed E-state index contributed by atoms with van der Waals surface area (Å²) in [5, 5.41) is 8.41. The Bertz CT molecular complexity index is 151. The van der Waals surface area contributed by atoms with Crippen molar-refractivity contribution in [2.45, 2.75) is 6.29 Å². The molecule has 0 aliphatic carbocycles. The molecule has 0 fully saturated rings. The van der Waals surface area contributed by atoms with E-state index in [4.69, 9.17) is 16.7 Å². The second-order valence-electron chi connectivity index (χ2n) is 1.31. The second kappa shape index (κ2) is 1.76. The van der Waals surface area contributed by atoms with Crippen molar-refractivity contribution in [2.75, 3.05) is 0 Å². The Balaban J connectivity index is 2.73. The Morgan fingerprint density at radius 3 is 2.62 bits per heavy atom. The van der Waals surface area contributed by atoms with E-state index >= 15 is 0 Å². The summed E-state index contributed by atoms with van der Waals surface area (Å²) < 4.78 is 4.17. The van der Waals surface area contributed by atoms with Gasteiger partial charge in [0.15, 0.2) is 0 Å². The van der Waals surface area contributed by atoms with E-state index in [1.807, 2.05) is 0 Å². The standard InChI is InChI=1S/C4H3ClO3/c5-2-1-3(6)8-4(2)7/h1,3,6H. The van der Waals surface area contributed by atoms with Crippen LogP contribution in [0.3, 0.4) is 0 Å². The Labute approximate surface area is 50.5 Å². The minimum absolute atomic E-state index is 0.0579. The zero-order chi connectivity index (χ0) is 6.15. The molecule has 1 unspecified atom stereocenters. The Morgan fingerprint density at radius 1 is 1.88 bits per heavy atom. The van der Waals surface area contributed by atoms with E-state index in [1.165, 1.54) is 0 Å². The maximum absolute atomic E-state index is 10.2. The first-order valence-electron chi connectivity index (χ1n) is 1.96. The van der Waals surface area contributed by atoms with E-state index in [-0.39, 0.29) is 5.03 Å². The van der Waals surface area contributed by atoms with E-state index < -0.39 is 12.3 Å². The summed E-state index contributed by atoms with van der Waals surface area (Å²) in [5.41, 5.74) is 0. The van der Waals surface area contributed by atoms with E-state index in [9.17, 15) is 4.79 Å². The first-order valence-corrected chi connectivity index (χ1v) is 2.34. The molecule has 1 N–H and O–H groups in total. The molecule has 4 heteroatoms. The maximum Gasteiger partial charge on any atom is 0.352 e. The highest BCUT2D eigenvalue weighted by Crippen LogP contribution is 2.14. The van der Waals surface area contributed by atoms with Crippen molar-refractivity contribution in [1.82, 2.24) is 0 Å².